The number of nitrogens with one attached hydrogen (secondary N) is 1. The smallest absolute Gasteiger partial charge is 0.229 e. The second-order valence-corrected chi connectivity index (χ2v) is 5.62. The third kappa shape index (κ3) is 3.17. The topological polar surface area (TPSA) is 58.6 Å². The maximum atomic E-state index is 12.1. The van der Waals surface area contributed by atoms with Gasteiger partial charge in [0.2, 0.25) is 11.8 Å². The molecule has 1 aromatic carbocycles. The van der Waals surface area contributed by atoms with E-state index in [9.17, 15) is 9.59 Å². The number of anilines is 1. The fourth-order valence-electron chi connectivity index (χ4n) is 2.61. The molecular weight excluding hydrogens is 268 g/mol. The van der Waals surface area contributed by atoms with E-state index in [2.05, 4.69) is 5.32 Å². The quantitative estimate of drug-likeness (QED) is 0.897. The first kappa shape index (κ1) is 13.9. The molecule has 1 atom stereocenters. The number of nitrogens with zero attached hydrogens (tertiary/aromatic N) is 1. The van der Waals surface area contributed by atoms with Gasteiger partial charge in [-0.3, -0.25) is 9.59 Å². The van der Waals surface area contributed by atoms with Crippen LogP contribution in [0.15, 0.2) is 24.3 Å². The molecule has 1 saturated carbocycles. The molecule has 1 heterocycles. The molecule has 0 aromatic heterocycles. The van der Waals surface area contributed by atoms with Crippen molar-refractivity contribution in [3.05, 3.63) is 24.3 Å². The SMILES string of the molecule is CCOc1ccc(N2C[C@H](NC(=O)C3CC3)CC2=O)cc1. The third-order valence-corrected chi connectivity index (χ3v) is 3.88. The summed E-state index contributed by atoms with van der Waals surface area (Å²) < 4.78 is 5.40. The first-order chi connectivity index (χ1) is 10.2. The minimum atomic E-state index is -0.0721. The Balaban J connectivity index is 1.62. The molecule has 0 unspecified atom stereocenters. The van der Waals surface area contributed by atoms with Gasteiger partial charge in [-0.05, 0) is 44.0 Å². The zero-order valence-electron chi connectivity index (χ0n) is 12.2. The van der Waals surface area contributed by atoms with Crippen LogP contribution in [0.25, 0.3) is 0 Å². The van der Waals surface area contributed by atoms with E-state index in [0.29, 0.717) is 19.6 Å². The molecule has 1 N–H and O–H groups in total. The fraction of sp³-hybridized carbons (Fsp3) is 0.500. The van der Waals surface area contributed by atoms with Crippen LogP contribution in [-0.2, 0) is 9.59 Å². The van der Waals surface area contributed by atoms with Crippen LogP contribution in [-0.4, -0.2) is 31.0 Å². The zero-order chi connectivity index (χ0) is 14.8. The van der Waals surface area contributed by atoms with Gasteiger partial charge in [0.25, 0.3) is 0 Å². The monoisotopic (exact) mass is 288 g/mol. The molecule has 21 heavy (non-hydrogen) atoms. The highest BCUT2D eigenvalue weighted by Gasteiger charge is 2.35. The molecule has 1 aliphatic carbocycles. The van der Waals surface area contributed by atoms with Crippen LogP contribution in [0.4, 0.5) is 5.69 Å². The van der Waals surface area contributed by atoms with Crippen LogP contribution < -0.4 is 15.0 Å². The van der Waals surface area contributed by atoms with Crippen LogP contribution in [0.3, 0.4) is 0 Å². The van der Waals surface area contributed by atoms with Gasteiger partial charge in [-0.2, -0.15) is 0 Å². The number of hydrogen-bond donors (Lipinski definition) is 1. The number of hydrogen-bond acceptors (Lipinski definition) is 3. The van der Waals surface area contributed by atoms with Gasteiger partial charge in [0.05, 0.1) is 12.6 Å². The number of rotatable bonds is 5. The maximum Gasteiger partial charge on any atom is 0.229 e. The molecule has 1 aromatic rings. The Bertz CT molecular complexity index is 537. The Morgan fingerprint density at radius 1 is 1.33 bits per heavy atom. The van der Waals surface area contributed by atoms with Crippen molar-refractivity contribution in [1.29, 1.82) is 0 Å². The molecule has 2 amide bonds. The lowest BCUT2D eigenvalue weighted by atomic mass is 10.2. The van der Waals surface area contributed by atoms with Crippen molar-refractivity contribution < 1.29 is 14.3 Å². The number of ether oxygens (including phenoxy) is 1. The van der Waals surface area contributed by atoms with Crippen LogP contribution >= 0.6 is 0 Å². The molecule has 0 radical (unpaired) electrons. The standard InChI is InChI=1S/C16H20N2O3/c1-2-21-14-7-5-13(6-8-14)18-10-12(9-15(18)19)17-16(20)11-3-4-11/h5-8,11-12H,2-4,9-10H2,1H3,(H,17,20)/t12-/m1/s1. The predicted octanol–water partition coefficient (Wildman–Crippen LogP) is 1.72. The summed E-state index contributed by atoms with van der Waals surface area (Å²) in [6.07, 6.45) is 2.34. The van der Waals surface area contributed by atoms with Crippen LogP contribution in [0.5, 0.6) is 5.75 Å². The molecule has 1 aliphatic heterocycles. The highest BCUT2D eigenvalue weighted by Crippen LogP contribution is 2.30. The van der Waals surface area contributed by atoms with Gasteiger partial charge in [0.15, 0.2) is 0 Å². The first-order valence-corrected chi connectivity index (χ1v) is 7.51. The fourth-order valence-corrected chi connectivity index (χ4v) is 2.61. The lowest BCUT2D eigenvalue weighted by Gasteiger charge is -2.17. The van der Waals surface area contributed by atoms with E-state index in [1.54, 1.807) is 4.90 Å². The summed E-state index contributed by atoms with van der Waals surface area (Å²) >= 11 is 0. The lowest BCUT2D eigenvalue weighted by molar-refractivity contribution is -0.122. The highest BCUT2D eigenvalue weighted by atomic mass is 16.5. The first-order valence-electron chi connectivity index (χ1n) is 7.51. The van der Waals surface area contributed by atoms with Crippen molar-refractivity contribution in [2.75, 3.05) is 18.1 Å². The summed E-state index contributed by atoms with van der Waals surface area (Å²) in [5.74, 6) is 1.13. The van der Waals surface area contributed by atoms with Gasteiger partial charge in [-0.15, -0.1) is 0 Å². The second-order valence-electron chi connectivity index (χ2n) is 5.62. The van der Waals surface area contributed by atoms with E-state index >= 15 is 0 Å². The minimum absolute atomic E-state index is 0.0558. The van der Waals surface area contributed by atoms with Crippen molar-refractivity contribution >= 4 is 17.5 Å². The second kappa shape index (κ2) is 5.76. The van der Waals surface area contributed by atoms with E-state index < -0.39 is 0 Å². The number of amides is 2. The van der Waals surface area contributed by atoms with Gasteiger partial charge in [-0.25, -0.2) is 0 Å². The Hall–Kier alpha value is -2.04. The van der Waals surface area contributed by atoms with E-state index in [4.69, 9.17) is 4.74 Å². The normalized spacial score (nSPS) is 21.5. The van der Waals surface area contributed by atoms with Crippen molar-refractivity contribution in [1.82, 2.24) is 5.32 Å². The van der Waals surface area contributed by atoms with E-state index in [-0.39, 0.29) is 23.8 Å². The molecular formula is C16H20N2O3. The Labute approximate surface area is 124 Å². The van der Waals surface area contributed by atoms with Gasteiger partial charge in [0.1, 0.15) is 5.75 Å². The van der Waals surface area contributed by atoms with E-state index in [0.717, 1.165) is 24.3 Å². The molecule has 2 aliphatic rings. The van der Waals surface area contributed by atoms with Crippen molar-refractivity contribution in [2.45, 2.75) is 32.2 Å². The van der Waals surface area contributed by atoms with Crippen LogP contribution in [0.1, 0.15) is 26.2 Å². The van der Waals surface area contributed by atoms with Gasteiger partial charge in [0, 0.05) is 24.6 Å². The van der Waals surface area contributed by atoms with Gasteiger partial charge < -0.3 is 15.0 Å². The predicted molar refractivity (Wildman–Crippen MR) is 79.2 cm³/mol. The highest BCUT2D eigenvalue weighted by molar-refractivity contribution is 5.97. The maximum absolute atomic E-state index is 12.1. The summed E-state index contributed by atoms with van der Waals surface area (Å²) in [6.45, 7) is 3.10. The summed E-state index contributed by atoms with van der Waals surface area (Å²) in [6, 6.07) is 7.42. The van der Waals surface area contributed by atoms with E-state index in [1.165, 1.54) is 0 Å². The summed E-state index contributed by atoms with van der Waals surface area (Å²) in [5, 5.41) is 2.98. The molecule has 1 saturated heterocycles. The summed E-state index contributed by atoms with van der Waals surface area (Å²) in [5.41, 5.74) is 0.853. The average molecular weight is 288 g/mol. The van der Waals surface area contributed by atoms with E-state index in [1.807, 2.05) is 31.2 Å². The number of benzene rings is 1. The molecule has 3 rings (SSSR count). The molecule has 5 heteroatoms. The molecule has 0 bridgehead atoms. The lowest BCUT2D eigenvalue weighted by Crippen LogP contribution is -2.37. The van der Waals surface area contributed by atoms with Crippen LogP contribution in [0, 0.1) is 5.92 Å². The largest absolute Gasteiger partial charge is 0.494 e. The molecule has 5 nitrogen and oxygen atoms in total. The van der Waals surface area contributed by atoms with Gasteiger partial charge >= 0.3 is 0 Å². The number of carbonyl (C=O) groups excluding carboxylic acids is 2. The Kier molecular flexibility index (Phi) is 3.82. The summed E-state index contributed by atoms with van der Waals surface area (Å²) in [4.78, 5) is 25.6. The van der Waals surface area contributed by atoms with Gasteiger partial charge in [-0.1, -0.05) is 0 Å². The third-order valence-electron chi connectivity index (χ3n) is 3.88. The molecule has 2 fully saturated rings. The molecule has 112 valence electrons. The van der Waals surface area contributed by atoms with Crippen molar-refractivity contribution in [3.63, 3.8) is 0 Å². The van der Waals surface area contributed by atoms with Crippen LogP contribution in [0.2, 0.25) is 0 Å². The Morgan fingerprint density at radius 2 is 2.05 bits per heavy atom. The molecule has 0 spiro atoms. The zero-order valence-corrected chi connectivity index (χ0v) is 12.2. The van der Waals surface area contributed by atoms with Crippen molar-refractivity contribution in [3.8, 4) is 5.75 Å². The number of carbonyl (C=O) groups is 2. The summed E-state index contributed by atoms with van der Waals surface area (Å²) in [7, 11) is 0. The van der Waals surface area contributed by atoms with Crippen molar-refractivity contribution in [2.24, 2.45) is 5.92 Å². The Morgan fingerprint density at radius 3 is 2.67 bits per heavy atom. The average Bonchev–Trinajstić information content (AvgIpc) is 3.25. The minimum Gasteiger partial charge on any atom is -0.494 e.